The first-order valence-electron chi connectivity index (χ1n) is 8.11. The van der Waals surface area contributed by atoms with Crippen LogP contribution in [-0.4, -0.2) is 43.6 Å². The highest BCUT2D eigenvalue weighted by molar-refractivity contribution is 5.82. The van der Waals surface area contributed by atoms with Gasteiger partial charge in [0, 0.05) is 7.05 Å². The highest BCUT2D eigenvalue weighted by Crippen LogP contribution is 2.39. The predicted octanol–water partition coefficient (Wildman–Crippen LogP) is 1.95. The second-order valence-electron chi connectivity index (χ2n) is 6.52. The maximum Gasteiger partial charge on any atom is 0.103 e. The van der Waals surface area contributed by atoms with Crippen molar-refractivity contribution < 1.29 is 0 Å². The highest BCUT2D eigenvalue weighted by Gasteiger charge is 2.37. The summed E-state index contributed by atoms with van der Waals surface area (Å²) in [6.07, 6.45) is 9.55. The number of hydrogen-bond acceptors (Lipinski definition) is 4. The van der Waals surface area contributed by atoms with E-state index in [9.17, 15) is 0 Å². The fourth-order valence-corrected chi connectivity index (χ4v) is 4.16. The van der Waals surface area contributed by atoms with E-state index in [-0.39, 0.29) is 6.17 Å². The van der Waals surface area contributed by atoms with Gasteiger partial charge in [0.05, 0.1) is 11.7 Å². The van der Waals surface area contributed by atoms with Gasteiger partial charge in [-0.25, -0.2) is 4.99 Å². The van der Waals surface area contributed by atoms with E-state index < -0.39 is 0 Å². The van der Waals surface area contributed by atoms with Crippen molar-refractivity contribution >= 4 is 5.84 Å². The average Bonchev–Trinajstić information content (AvgIpc) is 2.49. The molecule has 112 valence electrons. The highest BCUT2D eigenvalue weighted by atomic mass is 15.3. The summed E-state index contributed by atoms with van der Waals surface area (Å²) in [6, 6.07) is 0.466. The van der Waals surface area contributed by atoms with E-state index >= 15 is 0 Å². The van der Waals surface area contributed by atoms with E-state index in [0.717, 1.165) is 24.2 Å². The van der Waals surface area contributed by atoms with Gasteiger partial charge in [0.1, 0.15) is 12.0 Å². The van der Waals surface area contributed by atoms with Gasteiger partial charge in [-0.15, -0.1) is 0 Å². The van der Waals surface area contributed by atoms with Crippen molar-refractivity contribution in [3.8, 4) is 0 Å². The van der Waals surface area contributed by atoms with Crippen molar-refractivity contribution in [2.75, 3.05) is 20.6 Å². The van der Waals surface area contributed by atoms with Crippen molar-refractivity contribution in [3.05, 3.63) is 11.8 Å². The molecule has 2 fully saturated rings. The van der Waals surface area contributed by atoms with E-state index in [1.807, 2.05) is 7.05 Å². The molecule has 4 heteroatoms. The van der Waals surface area contributed by atoms with Gasteiger partial charge >= 0.3 is 0 Å². The SMILES string of the molecule is CNC1C=C(C2NCCC3CCCCC32)N=C(C)N1C. The first-order valence-corrected chi connectivity index (χ1v) is 8.11. The first-order chi connectivity index (χ1) is 9.70. The average molecular weight is 276 g/mol. The van der Waals surface area contributed by atoms with Gasteiger partial charge < -0.3 is 10.2 Å². The minimum absolute atomic E-state index is 0.272. The van der Waals surface area contributed by atoms with Gasteiger partial charge in [-0.3, -0.25) is 5.32 Å². The molecule has 4 atom stereocenters. The Bertz CT molecular complexity index is 413. The molecule has 2 N–H and O–H groups in total. The Morgan fingerprint density at radius 3 is 2.90 bits per heavy atom. The normalized spacial score (nSPS) is 38.0. The molecule has 0 spiro atoms. The molecule has 20 heavy (non-hydrogen) atoms. The Hall–Kier alpha value is -0.870. The summed E-state index contributed by atoms with van der Waals surface area (Å²) < 4.78 is 0. The Morgan fingerprint density at radius 1 is 1.30 bits per heavy atom. The second kappa shape index (κ2) is 5.86. The summed E-state index contributed by atoms with van der Waals surface area (Å²) in [5.74, 6) is 2.82. The zero-order chi connectivity index (χ0) is 14.1. The number of amidine groups is 1. The van der Waals surface area contributed by atoms with Crippen molar-refractivity contribution in [2.45, 2.75) is 51.2 Å². The van der Waals surface area contributed by atoms with Gasteiger partial charge in [-0.05, 0) is 51.3 Å². The minimum atomic E-state index is 0.272. The zero-order valence-electron chi connectivity index (χ0n) is 13.0. The lowest BCUT2D eigenvalue weighted by molar-refractivity contribution is 0.148. The lowest BCUT2D eigenvalue weighted by Crippen LogP contribution is -2.51. The number of hydrogen-bond donors (Lipinski definition) is 2. The van der Waals surface area contributed by atoms with Gasteiger partial charge in [-0.1, -0.05) is 19.3 Å². The summed E-state index contributed by atoms with van der Waals surface area (Å²) in [6.45, 7) is 3.26. The van der Waals surface area contributed by atoms with Crippen LogP contribution in [0.4, 0.5) is 0 Å². The van der Waals surface area contributed by atoms with Gasteiger partial charge in [0.25, 0.3) is 0 Å². The van der Waals surface area contributed by atoms with E-state index in [2.05, 4.69) is 35.6 Å². The molecule has 1 saturated heterocycles. The van der Waals surface area contributed by atoms with Crippen LogP contribution in [0.1, 0.15) is 39.0 Å². The fraction of sp³-hybridized carbons (Fsp3) is 0.812. The number of fused-ring (bicyclic) bond motifs is 1. The topological polar surface area (TPSA) is 39.7 Å². The van der Waals surface area contributed by atoms with Gasteiger partial charge in [-0.2, -0.15) is 0 Å². The first kappa shape index (κ1) is 14.1. The molecule has 0 amide bonds. The largest absolute Gasteiger partial charge is 0.344 e. The van der Waals surface area contributed by atoms with Gasteiger partial charge in [0.2, 0.25) is 0 Å². The van der Waals surface area contributed by atoms with E-state index in [4.69, 9.17) is 4.99 Å². The van der Waals surface area contributed by atoms with Crippen LogP contribution in [0.15, 0.2) is 16.8 Å². The third-order valence-corrected chi connectivity index (χ3v) is 5.44. The quantitative estimate of drug-likeness (QED) is 0.810. The summed E-state index contributed by atoms with van der Waals surface area (Å²) in [4.78, 5) is 7.08. The molecule has 2 heterocycles. The molecule has 1 saturated carbocycles. The van der Waals surface area contributed by atoms with Crippen molar-refractivity contribution in [1.29, 1.82) is 0 Å². The zero-order valence-corrected chi connectivity index (χ0v) is 13.0. The van der Waals surface area contributed by atoms with E-state index in [1.165, 1.54) is 37.8 Å². The smallest absolute Gasteiger partial charge is 0.103 e. The van der Waals surface area contributed by atoms with E-state index in [0.29, 0.717) is 6.04 Å². The number of aliphatic imine (C=N–C) groups is 1. The number of piperidine rings is 1. The molecule has 0 aromatic rings. The Labute approximate surface area is 122 Å². The summed E-state index contributed by atoms with van der Waals surface area (Å²) in [5, 5.41) is 7.11. The van der Waals surface area contributed by atoms with Crippen LogP contribution in [0.25, 0.3) is 0 Å². The van der Waals surface area contributed by atoms with Crippen LogP contribution in [0.2, 0.25) is 0 Å². The van der Waals surface area contributed by atoms with Crippen LogP contribution in [-0.2, 0) is 0 Å². The van der Waals surface area contributed by atoms with Crippen molar-refractivity contribution in [2.24, 2.45) is 16.8 Å². The fourth-order valence-electron chi connectivity index (χ4n) is 4.16. The number of nitrogens with zero attached hydrogens (tertiary/aromatic N) is 2. The van der Waals surface area contributed by atoms with Crippen LogP contribution in [0.5, 0.6) is 0 Å². The van der Waals surface area contributed by atoms with Gasteiger partial charge in [0.15, 0.2) is 0 Å². The third-order valence-electron chi connectivity index (χ3n) is 5.44. The number of rotatable bonds is 2. The Balaban J connectivity index is 1.83. The van der Waals surface area contributed by atoms with Crippen LogP contribution >= 0.6 is 0 Å². The summed E-state index contributed by atoms with van der Waals surface area (Å²) in [5.41, 5.74) is 1.26. The lowest BCUT2D eigenvalue weighted by atomic mass is 9.71. The lowest BCUT2D eigenvalue weighted by Gasteiger charge is -2.43. The van der Waals surface area contributed by atoms with E-state index in [1.54, 1.807) is 0 Å². The summed E-state index contributed by atoms with van der Waals surface area (Å²) >= 11 is 0. The molecule has 3 rings (SSSR count). The maximum absolute atomic E-state index is 4.88. The second-order valence-corrected chi connectivity index (χ2v) is 6.52. The minimum Gasteiger partial charge on any atom is -0.344 e. The molecule has 0 aromatic heterocycles. The monoisotopic (exact) mass is 276 g/mol. The van der Waals surface area contributed by atoms with Crippen molar-refractivity contribution in [3.63, 3.8) is 0 Å². The van der Waals surface area contributed by atoms with Crippen LogP contribution in [0.3, 0.4) is 0 Å². The molecule has 4 unspecified atom stereocenters. The Kier molecular flexibility index (Phi) is 4.13. The molecule has 0 radical (unpaired) electrons. The van der Waals surface area contributed by atoms with Crippen molar-refractivity contribution in [1.82, 2.24) is 15.5 Å². The molecule has 1 aliphatic carbocycles. The summed E-state index contributed by atoms with van der Waals surface area (Å²) in [7, 11) is 4.12. The van der Waals surface area contributed by atoms with Crippen LogP contribution < -0.4 is 10.6 Å². The number of likely N-dealkylation sites (N-methyl/N-ethyl adjacent to an activating group) is 2. The molecule has 0 aromatic carbocycles. The molecule has 3 aliphatic rings. The molecule has 4 nitrogen and oxygen atoms in total. The third kappa shape index (κ3) is 2.51. The molecular weight excluding hydrogens is 248 g/mol. The predicted molar refractivity (Wildman–Crippen MR) is 83.7 cm³/mol. The molecule has 0 bridgehead atoms. The standard InChI is InChI=1S/C16H28N4/c1-11-19-14(10-15(17-2)20(11)3)16-13-7-5-4-6-12(13)8-9-18-16/h10,12-13,15-18H,4-9H2,1-3H3. The van der Waals surface area contributed by atoms with Crippen LogP contribution in [0, 0.1) is 11.8 Å². The molecular formula is C16H28N4. The maximum atomic E-state index is 4.88. The molecule has 2 aliphatic heterocycles. The number of nitrogens with one attached hydrogen (secondary N) is 2. The Morgan fingerprint density at radius 2 is 2.10 bits per heavy atom.